The minimum absolute atomic E-state index is 0.855. The van der Waals surface area contributed by atoms with Crippen molar-refractivity contribution in [3.63, 3.8) is 0 Å². The van der Waals surface area contributed by atoms with Gasteiger partial charge >= 0.3 is 0 Å². The number of thiocarbonyl (C=S) groups is 1. The molecule has 82 valence electrons. The lowest BCUT2D eigenvalue weighted by atomic mass is 10.2. The van der Waals surface area contributed by atoms with E-state index in [1.807, 2.05) is 16.8 Å². The molecule has 0 saturated carbocycles. The van der Waals surface area contributed by atoms with E-state index in [-0.39, 0.29) is 0 Å². The van der Waals surface area contributed by atoms with Crippen LogP contribution in [0, 0.1) is 0 Å². The van der Waals surface area contributed by atoms with Crippen molar-refractivity contribution < 1.29 is 0 Å². The van der Waals surface area contributed by atoms with Crippen molar-refractivity contribution in [2.75, 3.05) is 5.75 Å². The summed E-state index contributed by atoms with van der Waals surface area (Å²) in [5.41, 5.74) is 1.35. The molecule has 0 amide bonds. The van der Waals surface area contributed by atoms with Gasteiger partial charge in [-0.2, -0.15) is 0 Å². The second-order valence-electron chi connectivity index (χ2n) is 3.32. The largest absolute Gasteiger partial charge is 0.291 e. The van der Waals surface area contributed by atoms with Crippen LogP contribution in [0.3, 0.4) is 0 Å². The molecule has 1 heterocycles. The molecule has 0 N–H and O–H groups in total. The average Bonchev–Trinajstić information content (AvgIpc) is 2.84. The van der Waals surface area contributed by atoms with Gasteiger partial charge in [0.15, 0.2) is 0 Å². The molecule has 2 aromatic rings. The molecular weight excluding hydrogens is 236 g/mol. The molecule has 0 atom stereocenters. The van der Waals surface area contributed by atoms with E-state index in [9.17, 15) is 0 Å². The molecule has 0 spiro atoms. The third-order valence-electron chi connectivity index (χ3n) is 2.17. The van der Waals surface area contributed by atoms with E-state index in [2.05, 4.69) is 29.2 Å². The van der Waals surface area contributed by atoms with Gasteiger partial charge < -0.3 is 0 Å². The van der Waals surface area contributed by atoms with Crippen molar-refractivity contribution in [1.29, 1.82) is 0 Å². The average molecular weight is 248 g/mol. The van der Waals surface area contributed by atoms with Gasteiger partial charge in [-0.15, -0.1) is 0 Å². The van der Waals surface area contributed by atoms with Gasteiger partial charge in [0, 0.05) is 18.1 Å². The standard InChI is InChI=1S/C12H12N2S2/c15-12(14-8-7-13-10-14)16-9-6-11-4-2-1-3-5-11/h1-5,7-8,10H,6,9H2. The van der Waals surface area contributed by atoms with Crippen molar-refractivity contribution >= 4 is 28.3 Å². The van der Waals surface area contributed by atoms with Crippen molar-refractivity contribution in [3.05, 3.63) is 54.6 Å². The van der Waals surface area contributed by atoms with Crippen LogP contribution in [-0.2, 0) is 6.42 Å². The molecule has 0 bridgehead atoms. The predicted octanol–water partition coefficient (Wildman–Crippen LogP) is 2.99. The SMILES string of the molecule is S=C(SCCc1ccccc1)n1ccnc1. The van der Waals surface area contributed by atoms with Gasteiger partial charge in [-0.3, -0.25) is 4.57 Å². The smallest absolute Gasteiger partial charge is 0.145 e. The summed E-state index contributed by atoms with van der Waals surface area (Å²) in [6.07, 6.45) is 6.39. The highest BCUT2D eigenvalue weighted by molar-refractivity contribution is 8.23. The van der Waals surface area contributed by atoms with E-state index in [1.165, 1.54) is 5.56 Å². The van der Waals surface area contributed by atoms with Crippen molar-refractivity contribution in [3.8, 4) is 0 Å². The number of thioether (sulfide) groups is 1. The third kappa shape index (κ3) is 3.18. The Morgan fingerprint density at radius 3 is 2.81 bits per heavy atom. The molecule has 0 fully saturated rings. The molecule has 0 unspecified atom stereocenters. The first kappa shape index (κ1) is 11.4. The van der Waals surface area contributed by atoms with E-state index in [1.54, 1.807) is 24.3 Å². The van der Waals surface area contributed by atoms with E-state index >= 15 is 0 Å². The minimum Gasteiger partial charge on any atom is -0.291 e. The van der Waals surface area contributed by atoms with Gasteiger partial charge in [0.2, 0.25) is 0 Å². The summed E-state index contributed by atoms with van der Waals surface area (Å²) in [7, 11) is 0. The summed E-state index contributed by atoms with van der Waals surface area (Å²) in [5, 5.41) is 0. The van der Waals surface area contributed by atoms with Crippen LogP contribution in [0.2, 0.25) is 0 Å². The number of imidazole rings is 1. The summed E-state index contributed by atoms with van der Waals surface area (Å²) >= 11 is 6.96. The Kier molecular flexibility index (Phi) is 4.13. The number of hydrogen-bond acceptors (Lipinski definition) is 3. The molecule has 1 aromatic carbocycles. The molecule has 2 rings (SSSR count). The quantitative estimate of drug-likeness (QED) is 0.778. The Morgan fingerprint density at radius 2 is 2.12 bits per heavy atom. The zero-order valence-electron chi connectivity index (χ0n) is 8.74. The normalized spacial score (nSPS) is 10.2. The Labute approximate surface area is 105 Å². The fourth-order valence-electron chi connectivity index (χ4n) is 1.34. The Bertz CT molecular complexity index is 437. The van der Waals surface area contributed by atoms with Gasteiger partial charge in [-0.25, -0.2) is 4.98 Å². The molecule has 0 radical (unpaired) electrons. The number of aryl methyl sites for hydroxylation is 1. The second kappa shape index (κ2) is 5.82. The van der Waals surface area contributed by atoms with Crippen molar-refractivity contribution in [2.45, 2.75) is 6.42 Å². The Morgan fingerprint density at radius 1 is 1.31 bits per heavy atom. The topological polar surface area (TPSA) is 17.8 Å². The highest BCUT2D eigenvalue weighted by Gasteiger charge is 2.00. The lowest BCUT2D eigenvalue weighted by Gasteiger charge is -2.03. The predicted molar refractivity (Wildman–Crippen MR) is 72.8 cm³/mol. The fraction of sp³-hybridized carbons (Fsp3) is 0.167. The van der Waals surface area contributed by atoms with Gasteiger partial charge in [-0.05, 0) is 12.0 Å². The summed E-state index contributed by atoms with van der Waals surface area (Å²) in [6.45, 7) is 0. The maximum absolute atomic E-state index is 5.28. The van der Waals surface area contributed by atoms with Gasteiger partial charge in [0.1, 0.15) is 10.6 Å². The van der Waals surface area contributed by atoms with Crippen LogP contribution < -0.4 is 0 Å². The maximum atomic E-state index is 5.28. The van der Waals surface area contributed by atoms with Crippen LogP contribution in [0.1, 0.15) is 5.56 Å². The molecule has 1 aromatic heterocycles. The maximum Gasteiger partial charge on any atom is 0.145 e. The van der Waals surface area contributed by atoms with Crippen LogP contribution in [0.15, 0.2) is 49.1 Å². The first-order chi connectivity index (χ1) is 7.86. The highest BCUT2D eigenvalue weighted by atomic mass is 32.2. The van der Waals surface area contributed by atoms with Crippen LogP contribution >= 0.6 is 24.0 Å². The van der Waals surface area contributed by atoms with Crippen molar-refractivity contribution in [2.24, 2.45) is 0 Å². The van der Waals surface area contributed by atoms with E-state index in [4.69, 9.17) is 12.2 Å². The number of nitrogens with zero attached hydrogens (tertiary/aromatic N) is 2. The van der Waals surface area contributed by atoms with Gasteiger partial charge in [0.05, 0.1) is 0 Å². The van der Waals surface area contributed by atoms with Crippen LogP contribution in [0.25, 0.3) is 0 Å². The third-order valence-corrected chi connectivity index (χ3v) is 3.60. The monoisotopic (exact) mass is 248 g/mol. The fourth-order valence-corrected chi connectivity index (χ4v) is 2.47. The van der Waals surface area contributed by atoms with Crippen LogP contribution in [0.4, 0.5) is 0 Å². The molecule has 0 aliphatic heterocycles. The summed E-state index contributed by atoms with van der Waals surface area (Å²) in [6, 6.07) is 10.4. The summed E-state index contributed by atoms with van der Waals surface area (Å²) in [4.78, 5) is 3.97. The Balaban J connectivity index is 1.79. The Hall–Kier alpha value is -1.13. The summed E-state index contributed by atoms with van der Waals surface area (Å²) in [5.74, 6) is 1.00. The number of hydrogen-bond donors (Lipinski definition) is 0. The number of benzene rings is 1. The van der Waals surface area contributed by atoms with Crippen LogP contribution in [0.5, 0.6) is 0 Å². The number of rotatable bonds is 3. The van der Waals surface area contributed by atoms with E-state index in [0.717, 1.165) is 16.5 Å². The van der Waals surface area contributed by atoms with Crippen LogP contribution in [-0.4, -0.2) is 19.6 Å². The zero-order chi connectivity index (χ0) is 11.2. The molecule has 0 saturated heterocycles. The molecule has 16 heavy (non-hydrogen) atoms. The van der Waals surface area contributed by atoms with Gasteiger partial charge in [-0.1, -0.05) is 54.3 Å². The lowest BCUT2D eigenvalue weighted by Crippen LogP contribution is -2.03. The first-order valence-corrected chi connectivity index (χ1v) is 6.44. The van der Waals surface area contributed by atoms with Crippen molar-refractivity contribution in [1.82, 2.24) is 9.55 Å². The minimum atomic E-state index is 0.855. The van der Waals surface area contributed by atoms with E-state index < -0.39 is 0 Å². The summed E-state index contributed by atoms with van der Waals surface area (Å²) < 4.78 is 2.72. The molecular formula is C12H12N2S2. The zero-order valence-corrected chi connectivity index (χ0v) is 10.4. The molecule has 2 nitrogen and oxygen atoms in total. The highest BCUT2D eigenvalue weighted by Crippen LogP contribution is 2.10. The van der Waals surface area contributed by atoms with E-state index in [0.29, 0.717) is 0 Å². The molecule has 4 heteroatoms. The first-order valence-electron chi connectivity index (χ1n) is 5.05. The van der Waals surface area contributed by atoms with Gasteiger partial charge in [0.25, 0.3) is 0 Å². The molecule has 0 aliphatic carbocycles. The number of aromatic nitrogens is 2. The second-order valence-corrected chi connectivity index (χ2v) is 5.05. The molecule has 0 aliphatic rings. The lowest BCUT2D eigenvalue weighted by molar-refractivity contribution is 1.15.